The Morgan fingerprint density at radius 1 is 1.06 bits per heavy atom. The summed E-state index contributed by atoms with van der Waals surface area (Å²) in [5.41, 5.74) is -0.265. The molecule has 31 heavy (non-hydrogen) atoms. The highest BCUT2D eigenvalue weighted by molar-refractivity contribution is 6.30. The van der Waals surface area contributed by atoms with Gasteiger partial charge in [0.05, 0.1) is 19.9 Å². The maximum Gasteiger partial charge on any atom is 0.416 e. The molecule has 1 aliphatic carbocycles. The molecule has 0 radical (unpaired) electrons. The van der Waals surface area contributed by atoms with Gasteiger partial charge in [-0.15, -0.1) is 0 Å². The van der Waals surface area contributed by atoms with Crippen LogP contribution in [0.15, 0.2) is 48.5 Å². The molecule has 1 heterocycles. The van der Waals surface area contributed by atoms with Gasteiger partial charge in [0.25, 0.3) is 0 Å². The zero-order valence-electron chi connectivity index (χ0n) is 16.8. The number of fused-ring (bicyclic) bond motifs is 3. The Morgan fingerprint density at radius 3 is 2.32 bits per heavy atom. The van der Waals surface area contributed by atoms with Crippen molar-refractivity contribution in [2.24, 2.45) is 11.3 Å². The average molecular weight is 446 g/mol. The number of anilines is 1. The summed E-state index contributed by atoms with van der Waals surface area (Å²) in [6, 6.07) is 13.7. The number of hydrogen-bond acceptors (Lipinski definition) is 7. The molecule has 1 amide bonds. The number of rotatable bonds is 4. The molecule has 162 valence electrons. The van der Waals surface area contributed by atoms with Gasteiger partial charge in [0.15, 0.2) is 5.41 Å². The van der Waals surface area contributed by atoms with E-state index in [1.54, 1.807) is 30.3 Å². The van der Waals surface area contributed by atoms with Gasteiger partial charge in [-0.05, 0) is 29.3 Å². The maximum atomic E-state index is 13.0. The minimum atomic E-state index is -1.78. The van der Waals surface area contributed by atoms with Gasteiger partial charge in [-0.1, -0.05) is 41.9 Å². The fraction of sp³-hybridized carbons (Fsp3) is 0.318. The predicted molar refractivity (Wildman–Crippen MR) is 109 cm³/mol. The first-order chi connectivity index (χ1) is 14.9. The van der Waals surface area contributed by atoms with Crippen molar-refractivity contribution in [2.45, 2.75) is 18.8 Å². The van der Waals surface area contributed by atoms with E-state index in [0.717, 1.165) is 24.7 Å². The summed E-state index contributed by atoms with van der Waals surface area (Å²) in [5.74, 6) is -3.42. The predicted octanol–water partition coefficient (Wildman–Crippen LogP) is 2.86. The molecule has 2 aromatic carbocycles. The molecule has 2 aromatic rings. The molecule has 0 unspecified atom stereocenters. The first kappa shape index (κ1) is 21.1. The third kappa shape index (κ3) is 3.14. The van der Waals surface area contributed by atoms with Crippen LogP contribution < -0.4 is 4.90 Å². The molecule has 0 bridgehead atoms. The lowest BCUT2D eigenvalue weighted by Crippen LogP contribution is -2.46. The van der Waals surface area contributed by atoms with Crippen LogP contribution in [0.4, 0.5) is 10.5 Å². The summed E-state index contributed by atoms with van der Waals surface area (Å²) in [4.78, 5) is 39.4. The molecular weight excluding hydrogens is 426 g/mol. The van der Waals surface area contributed by atoms with E-state index in [0.29, 0.717) is 16.3 Å². The minimum Gasteiger partial charge on any atom is -0.468 e. The Hall–Kier alpha value is -3.10. The van der Waals surface area contributed by atoms with E-state index in [2.05, 4.69) is 0 Å². The molecule has 9 heteroatoms. The van der Waals surface area contributed by atoms with Crippen molar-refractivity contribution in [1.82, 2.24) is 0 Å². The summed E-state index contributed by atoms with van der Waals surface area (Å²) >= 11 is 6.16. The number of aliphatic hydroxyl groups excluding tert-OH is 1. The third-order valence-corrected chi connectivity index (χ3v) is 6.12. The Bertz CT molecular complexity index is 1030. The number of methoxy groups -OCH3 is 2. The smallest absolute Gasteiger partial charge is 0.416 e. The van der Waals surface area contributed by atoms with Gasteiger partial charge in [0.1, 0.15) is 12.8 Å². The van der Waals surface area contributed by atoms with Crippen molar-refractivity contribution in [3.05, 3.63) is 64.7 Å². The number of amides is 1. The van der Waals surface area contributed by atoms with E-state index in [4.69, 9.17) is 25.8 Å². The largest absolute Gasteiger partial charge is 0.468 e. The number of nitrogens with zero attached hydrogens (tertiary/aromatic N) is 1. The van der Waals surface area contributed by atoms with E-state index in [1.807, 2.05) is 18.2 Å². The molecular formula is C22H20ClNO7. The van der Waals surface area contributed by atoms with Gasteiger partial charge in [0, 0.05) is 16.9 Å². The molecule has 4 rings (SSSR count). The summed E-state index contributed by atoms with van der Waals surface area (Å²) in [7, 11) is 2.29. The van der Waals surface area contributed by atoms with Crippen molar-refractivity contribution in [3.8, 4) is 0 Å². The fourth-order valence-corrected chi connectivity index (χ4v) is 4.68. The number of halogens is 1. The first-order valence-corrected chi connectivity index (χ1v) is 9.90. The highest BCUT2D eigenvalue weighted by atomic mass is 35.5. The van der Waals surface area contributed by atoms with Crippen molar-refractivity contribution in [3.63, 3.8) is 0 Å². The molecule has 0 aromatic heterocycles. The lowest BCUT2D eigenvalue weighted by Gasteiger charge is -2.32. The molecule has 3 atom stereocenters. The third-order valence-electron chi connectivity index (χ3n) is 5.88. The summed E-state index contributed by atoms with van der Waals surface area (Å²) in [6.45, 7) is -0.0148. The van der Waals surface area contributed by atoms with Crippen LogP contribution in [-0.4, -0.2) is 43.6 Å². The molecule has 1 aliphatic heterocycles. The Morgan fingerprint density at radius 2 is 1.71 bits per heavy atom. The number of hydrogen-bond donors (Lipinski definition) is 1. The van der Waals surface area contributed by atoms with Gasteiger partial charge in [-0.3, -0.25) is 14.5 Å². The van der Waals surface area contributed by atoms with Crippen LogP contribution >= 0.6 is 11.6 Å². The van der Waals surface area contributed by atoms with Gasteiger partial charge in [-0.2, -0.15) is 0 Å². The van der Waals surface area contributed by atoms with E-state index in [-0.39, 0.29) is 6.61 Å². The van der Waals surface area contributed by atoms with Gasteiger partial charge in [0.2, 0.25) is 0 Å². The van der Waals surface area contributed by atoms with Crippen LogP contribution in [0.3, 0.4) is 0 Å². The van der Waals surface area contributed by atoms with Crippen LogP contribution in [-0.2, 0) is 30.4 Å². The van der Waals surface area contributed by atoms with E-state index in [9.17, 15) is 19.5 Å². The van der Waals surface area contributed by atoms with Crippen LogP contribution in [0.5, 0.6) is 0 Å². The quantitative estimate of drug-likeness (QED) is 0.438. The molecule has 1 saturated carbocycles. The standard InChI is InChI=1S/C22H20ClNO7/c1-29-19(26)22(20(27)30-2)16-14-10-13(23)8-9-15(14)24(18(25)17(16)22)21(28)31-11-12-6-4-3-5-7-12/h3-10,16-18,25H,11H2,1-2H3/t16-,17-,18+/m1/s1. The highest BCUT2D eigenvalue weighted by Crippen LogP contribution is 2.71. The first-order valence-electron chi connectivity index (χ1n) is 9.52. The number of carbonyl (C=O) groups excluding carboxylic acids is 3. The Labute approximate surface area is 183 Å². The van der Waals surface area contributed by atoms with E-state index < -0.39 is 41.5 Å². The van der Waals surface area contributed by atoms with Crippen LogP contribution in [0.1, 0.15) is 17.0 Å². The van der Waals surface area contributed by atoms with Gasteiger partial charge < -0.3 is 19.3 Å². The average Bonchev–Trinajstić information content (AvgIpc) is 3.50. The minimum absolute atomic E-state index is 0.0148. The second kappa shape index (κ2) is 7.86. The Kier molecular flexibility index (Phi) is 5.36. The van der Waals surface area contributed by atoms with Crippen LogP contribution in [0.25, 0.3) is 0 Å². The topological polar surface area (TPSA) is 102 Å². The number of esters is 2. The van der Waals surface area contributed by atoms with Crippen LogP contribution in [0, 0.1) is 11.3 Å². The van der Waals surface area contributed by atoms with Crippen molar-refractivity contribution in [1.29, 1.82) is 0 Å². The molecule has 0 saturated heterocycles. The monoisotopic (exact) mass is 445 g/mol. The van der Waals surface area contributed by atoms with Crippen molar-refractivity contribution >= 4 is 35.3 Å². The lowest BCUT2D eigenvalue weighted by molar-refractivity contribution is -0.163. The molecule has 1 N–H and O–H groups in total. The normalized spacial score (nSPS) is 22.6. The molecule has 8 nitrogen and oxygen atoms in total. The van der Waals surface area contributed by atoms with Crippen molar-refractivity contribution in [2.75, 3.05) is 19.1 Å². The molecule has 1 fully saturated rings. The second-order valence-corrected chi connectivity index (χ2v) is 7.82. The van der Waals surface area contributed by atoms with Gasteiger partial charge in [-0.25, -0.2) is 4.79 Å². The lowest BCUT2D eigenvalue weighted by atomic mass is 9.97. The highest BCUT2D eigenvalue weighted by Gasteiger charge is 2.81. The maximum absolute atomic E-state index is 13.0. The van der Waals surface area contributed by atoms with Crippen LogP contribution in [0.2, 0.25) is 5.02 Å². The molecule has 0 spiro atoms. The number of carbonyl (C=O) groups is 3. The summed E-state index contributed by atoms with van der Waals surface area (Å²) in [6.07, 6.45) is -2.34. The zero-order valence-corrected chi connectivity index (χ0v) is 17.5. The summed E-state index contributed by atoms with van der Waals surface area (Å²) < 4.78 is 15.1. The Balaban J connectivity index is 1.73. The number of benzene rings is 2. The zero-order chi connectivity index (χ0) is 22.3. The fourth-order valence-electron chi connectivity index (χ4n) is 4.50. The second-order valence-electron chi connectivity index (χ2n) is 7.38. The summed E-state index contributed by atoms with van der Waals surface area (Å²) in [5, 5.41) is 11.4. The number of ether oxygens (including phenoxy) is 3. The van der Waals surface area contributed by atoms with Crippen molar-refractivity contribution < 1.29 is 33.7 Å². The van der Waals surface area contributed by atoms with E-state index >= 15 is 0 Å². The van der Waals surface area contributed by atoms with E-state index in [1.165, 1.54) is 0 Å². The number of aliphatic hydroxyl groups is 1. The van der Waals surface area contributed by atoms with Gasteiger partial charge >= 0.3 is 18.0 Å². The molecule has 2 aliphatic rings. The SMILES string of the molecule is COC(=O)C1(C(=O)OC)[C@@H]2[C@H]1c1cc(Cl)ccc1N(C(=O)OCc1ccccc1)[C@H]2O.